The van der Waals surface area contributed by atoms with Crippen molar-refractivity contribution in [3.63, 3.8) is 0 Å². The van der Waals surface area contributed by atoms with Crippen LogP contribution in [0.5, 0.6) is 0 Å². The van der Waals surface area contributed by atoms with E-state index < -0.39 is 11.3 Å². The average Bonchev–Trinajstić information content (AvgIpc) is 2.22. The molecule has 0 saturated heterocycles. The predicted molar refractivity (Wildman–Crippen MR) is 72.0 cm³/mol. The third-order valence-corrected chi connectivity index (χ3v) is 2.27. The number of benzene rings is 1. The van der Waals surface area contributed by atoms with Gasteiger partial charge in [-0.3, -0.25) is 9.35 Å². The smallest absolute Gasteiger partial charge is 0.0316 e. The summed E-state index contributed by atoms with van der Waals surface area (Å²) in [6.45, 7) is 4.42. The largest absolute Gasteiger partial charge is 0.760 e. The van der Waals surface area contributed by atoms with Crippen molar-refractivity contribution in [3.05, 3.63) is 29.3 Å². The van der Waals surface area contributed by atoms with Crippen molar-refractivity contribution in [1.29, 1.82) is 0 Å². The molecule has 0 spiro atoms. The number of aryl methyl sites for hydroxylation is 2. The van der Waals surface area contributed by atoms with Crippen LogP contribution in [-0.4, -0.2) is 8.76 Å². The Morgan fingerprint density at radius 2 is 1.65 bits per heavy atom. The molecule has 0 aliphatic rings. The zero-order chi connectivity index (χ0) is 13.3. The lowest BCUT2D eigenvalue weighted by atomic mass is 9.99. The molecule has 1 aromatic rings. The number of rotatable bonds is 4. The summed E-state index contributed by atoms with van der Waals surface area (Å²) >= 11 is -2.36. The molecule has 1 unspecified atom stereocenters. The van der Waals surface area contributed by atoms with Crippen molar-refractivity contribution < 1.29 is 8.76 Å². The SMILES string of the molecule is CCCc1ccc(N)cc1CCC.NS(=O)[O-]. The van der Waals surface area contributed by atoms with Gasteiger partial charge in [-0.2, -0.15) is 0 Å². The van der Waals surface area contributed by atoms with Gasteiger partial charge < -0.3 is 10.3 Å². The summed E-state index contributed by atoms with van der Waals surface area (Å²) in [5, 5.41) is 4.03. The maximum atomic E-state index is 8.78. The van der Waals surface area contributed by atoms with Crippen LogP contribution in [0.25, 0.3) is 0 Å². The molecule has 0 aliphatic heterocycles. The lowest BCUT2D eigenvalue weighted by Gasteiger charge is -2.08. The molecule has 0 aromatic heterocycles. The highest BCUT2D eigenvalue weighted by Crippen LogP contribution is 2.16. The zero-order valence-corrected chi connectivity index (χ0v) is 11.3. The molecule has 0 saturated carbocycles. The Morgan fingerprint density at radius 3 is 2.12 bits per heavy atom. The van der Waals surface area contributed by atoms with Crippen LogP contribution < -0.4 is 10.9 Å². The highest BCUT2D eigenvalue weighted by atomic mass is 32.2. The van der Waals surface area contributed by atoms with Crippen LogP contribution in [-0.2, 0) is 24.1 Å². The van der Waals surface area contributed by atoms with Crippen LogP contribution in [0.1, 0.15) is 37.8 Å². The van der Waals surface area contributed by atoms with Crippen LogP contribution in [0.2, 0.25) is 0 Å². The molecular formula is C12H21N2O2S-. The van der Waals surface area contributed by atoms with Crippen LogP contribution in [0.15, 0.2) is 18.2 Å². The van der Waals surface area contributed by atoms with Gasteiger partial charge >= 0.3 is 0 Å². The van der Waals surface area contributed by atoms with E-state index in [0.29, 0.717) is 0 Å². The van der Waals surface area contributed by atoms with Gasteiger partial charge in [0.25, 0.3) is 0 Å². The van der Waals surface area contributed by atoms with E-state index in [1.54, 1.807) is 0 Å². The van der Waals surface area contributed by atoms with Gasteiger partial charge in [0, 0.05) is 17.0 Å². The summed E-state index contributed by atoms with van der Waals surface area (Å²) in [5.41, 5.74) is 9.55. The molecule has 4 N–H and O–H groups in total. The maximum Gasteiger partial charge on any atom is 0.0316 e. The lowest BCUT2D eigenvalue weighted by Crippen LogP contribution is -1.97. The van der Waals surface area contributed by atoms with Gasteiger partial charge in [-0.1, -0.05) is 32.8 Å². The monoisotopic (exact) mass is 257 g/mol. The normalized spacial score (nSPS) is 11.5. The topological polar surface area (TPSA) is 92.2 Å². The molecule has 17 heavy (non-hydrogen) atoms. The molecule has 0 amide bonds. The third kappa shape index (κ3) is 7.90. The molecule has 0 radical (unpaired) electrons. The van der Waals surface area contributed by atoms with Gasteiger partial charge in [-0.15, -0.1) is 0 Å². The Labute approximate surface area is 106 Å². The second-order valence-electron chi connectivity index (χ2n) is 3.79. The second-order valence-corrected chi connectivity index (χ2v) is 4.31. The molecule has 0 bridgehead atoms. The van der Waals surface area contributed by atoms with Crippen molar-refractivity contribution in [2.45, 2.75) is 39.5 Å². The van der Waals surface area contributed by atoms with Crippen LogP contribution >= 0.6 is 0 Å². The van der Waals surface area contributed by atoms with E-state index in [2.05, 4.69) is 31.1 Å². The summed E-state index contributed by atoms with van der Waals surface area (Å²) in [6, 6.07) is 6.29. The van der Waals surface area contributed by atoms with E-state index in [4.69, 9.17) is 14.5 Å². The average molecular weight is 257 g/mol. The first-order valence-corrected chi connectivity index (χ1v) is 6.86. The van der Waals surface area contributed by atoms with Crippen molar-refractivity contribution in [2.24, 2.45) is 5.14 Å². The summed E-state index contributed by atoms with van der Waals surface area (Å²) in [7, 11) is 0. The first-order chi connectivity index (χ1) is 8.01. The van der Waals surface area contributed by atoms with E-state index >= 15 is 0 Å². The van der Waals surface area contributed by atoms with E-state index in [1.165, 1.54) is 30.4 Å². The fourth-order valence-corrected chi connectivity index (χ4v) is 1.66. The van der Waals surface area contributed by atoms with Gasteiger partial charge in [0.05, 0.1) is 0 Å². The van der Waals surface area contributed by atoms with Crippen LogP contribution in [0.3, 0.4) is 0 Å². The first kappa shape index (κ1) is 16.1. The van der Waals surface area contributed by atoms with Gasteiger partial charge in [0.2, 0.25) is 0 Å². The summed E-state index contributed by atoms with van der Waals surface area (Å²) < 4.78 is 17.6. The number of nitrogen functional groups attached to an aromatic ring is 1. The van der Waals surface area contributed by atoms with E-state index in [1.807, 2.05) is 6.07 Å². The minimum Gasteiger partial charge on any atom is -0.760 e. The summed E-state index contributed by atoms with van der Waals surface area (Å²) in [6.07, 6.45) is 4.73. The fraction of sp³-hybridized carbons (Fsp3) is 0.500. The predicted octanol–water partition coefficient (Wildman–Crippen LogP) is 1.91. The molecule has 1 rings (SSSR count). The van der Waals surface area contributed by atoms with E-state index in [0.717, 1.165) is 12.1 Å². The van der Waals surface area contributed by atoms with Crippen molar-refractivity contribution in [1.82, 2.24) is 0 Å². The Kier molecular flexibility index (Phi) is 8.66. The first-order valence-electron chi connectivity index (χ1n) is 5.72. The third-order valence-electron chi connectivity index (χ3n) is 2.27. The van der Waals surface area contributed by atoms with Gasteiger partial charge in [0.1, 0.15) is 0 Å². The van der Waals surface area contributed by atoms with Crippen LogP contribution in [0.4, 0.5) is 5.69 Å². The molecular weight excluding hydrogens is 236 g/mol. The quantitative estimate of drug-likeness (QED) is 0.637. The molecule has 0 fully saturated rings. The Hall–Kier alpha value is -0.910. The molecule has 1 atom stereocenters. The maximum absolute atomic E-state index is 8.78. The van der Waals surface area contributed by atoms with Gasteiger partial charge in [-0.05, 0) is 36.1 Å². The van der Waals surface area contributed by atoms with Crippen molar-refractivity contribution in [2.75, 3.05) is 5.73 Å². The highest BCUT2D eigenvalue weighted by Gasteiger charge is 2.00. The van der Waals surface area contributed by atoms with Crippen molar-refractivity contribution in [3.8, 4) is 0 Å². The lowest BCUT2D eigenvalue weighted by molar-refractivity contribution is 0.539. The molecule has 0 aliphatic carbocycles. The number of hydrogen-bond donors (Lipinski definition) is 2. The number of anilines is 1. The Balaban J connectivity index is 0.000000557. The number of nitrogens with two attached hydrogens (primary N) is 2. The van der Waals surface area contributed by atoms with E-state index in [-0.39, 0.29) is 0 Å². The second kappa shape index (κ2) is 9.15. The summed E-state index contributed by atoms with van der Waals surface area (Å²) in [5.74, 6) is 0. The fourth-order valence-electron chi connectivity index (χ4n) is 1.66. The van der Waals surface area contributed by atoms with E-state index in [9.17, 15) is 0 Å². The summed E-state index contributed by atoms with van der Waals surface area (Å²) in [4.78, 5) is 0. The van der Waals surface area contributed by atoms with Gasteiger partial charge in [0.15, 0.2) is 0 Å². The zero-order valence-electron chi connectivity index (χ0n) is 10.4. The Bertz CT molecular complexity index is 352. The highest BCUT2D eigenvalue weighted by molar-refractivity contribution is 7.76. The number of hydrogen-bond acceptors (Lipinski definition) is 3. The van der Waals surface area contributed by atoms with Crippen LogP contribution in [0, 0.1) is 0 Å². The Morgan fingerprint density at radius 1 is 1.18 bits per heavy atom. The molecule has 1 aromatic carbocycles. The minimum absolute atomic E-state index is 0.892. The standard InChI is InChI=1S/C12H19N.H3NO2S/c1-3-5-10-7-8-12(13)9-11(10)6-4-2;1-4(2)3/h7-9H,3-6,13H2,1-2H3;1H2,(H,2,3)/p-1. The van der Waals surface area contributed by atoms with Gasteiger partial charge in [-0.25, -0.2) is 0 Å². The molecule has 5 heteroatoms. The minimum atomic E-state index is -2.36. The molecule has 4 nitrogen and oxygen atoms in total. The molecule has 0 heterocycles. The molecule has 98 valence electrons. The van der Waals surface area contributed by atoms with Crippen molar-refractivity contribution >= 4 is 17.0 Å².